The average Bonchev–Trinajstić information content (AvgIpc) is 2.87. The Labute approximate surface area is 232 Å². The first-order valence-corrected chi connectivity index (χ1v) is 13.1. The molecule has 38 heavy (non-hydrogen) atoms. The van der Waals surface area contributed by atoms with E-state index in [1.807, 2.05) is 0 Å². The number of carbonyl (C=O) groups excluding carboxylic acids is 3. The summed E-state index contributed by atoms with van der Waals surface area (Å²) in [6.45, 7) is 1.58. The molecule has 2 aliphatic rings. The number of nitrogens with zero attached hydrogens (tertiary/aromatic N) is 2. The van der Waals surface area contributed by atoms with Crippen molar-refractivity contribution < 1.29 is 31.8 Å². The number of carbonyl (C=O) groups is 3. The predicted molar refractivity (Wildman–Crippen MR) is 139 cm³/mol. The molecule has 0 saturated heterocycles. The van der Waals surface area contributed by atoms with Gasteiger partial charge in [-0.1, -0.05) is 27.5 Å². The molecule has 14 heteroatoms. The molecule has 2 aromatic rings. The molecule has 8 nitrogen and oxygen atoms in total. The zero-order valence-corrected chi connectivity index (χ0v) is 23.0. The summed E-state index contributed by atoms with van der Waals surface area (Å²) in [4.78, 5) is 41.2. The molecule has 2 heterocycles. The molecule has 200 valence electrons. The van der Waals surface area contributed by atoms with E-state index in [0.717, 1.165) is 6.07 Å². The lowest BCUT2D eigenvalue weighted by Gasteiger charge is -2.40. The Morgan fingerprint density at radius 2 is 1.87 bits per heavy atom. The third kappa shape index (κ3) is 5.14. The number of rotatable bonds is 4. The van der Waals surface area contributed by atoms with E-state index in [2.05, 4.69) is 26.6 Å². The molecule has 0 aromatic heterocycles. The van der Waals surface area contributed by atoms with Gasteiger partial charge in [0.25, 0.3) is 17.7 Å². The first kappa shape index (κ1) is 28.0. The van der Waals surface area contributed by atoms with Gasteiger partial charge >= 0.3 is 23.3 Å². The van der Waals surface area contributed by atoms with Crippen molar-refractivity contribution in [1.82, 2.24) is 15.5 Å². The van der Waals surface area contributed by atoms with Crippen LogP contribution in [0.2, 0.25) is 5.02 Å². The van der Waals surface area contributed by atoms with Crippen LogP contribution in [-0.4, -0.2) is 47.8 Å². The van der Waals surface area contributed by atoms with Gasteiger partial charge in [-0.25, -0.2) is 4.90 Å². The molecule has 0 aliphatic carbocycles. The molecule has 2 atom stereocenters. The van der Waals surface area contributed by atoms with Crippen LogP contribution < -0.4 is 15.5 Å². The van der Waals surface area contributed by atoms with E-state index >= 15 is 0 Å². The molecule has 0 radical (unpaired) electrons. The first-order chi connectivity index (χ1) is 17.9. The summed E-state index contributed by atoms with van der Waals surface area (Å²) in [5, 5.41) is 5.54. The van der Waals surface area contributed by atoms with Crippen molar-refractivity contribution in [2.45, 2.75) is 31.1 Å². The van der Waals surface area contributed by atoms with Crippen LogP contribution in [0.1, 0.15) is 39.6 Å². The monoisotopic (exact) mass is 631 g/mol. The Morgan fingerprint density at radius 1 is 1.18 bits per heavy atom. The molecule has 4 rings (SSSR count). The van der Waals surface area contributed by atoms with Crippen LogP contribution >= 0.6 is 27.5 Å². The molecule has 0 fully saturated rings. The summed E-state index contributed by atoms with van der Waals surface area (Å²) >= 11 is 9.33. The van der Waals surface area contributed by atoms with E-state index in [9.17, 15) is 31.8 Å². The van der Waals surface area contributed by atoms with Crippen LogP contribution in [0.15, 0.2) is 52.1 Å². The summed E-state index contributed by atoms with van der Waals surface area (Å²) < 4.78 is 51.9. The molecule has 2 aromatic carbocycles. The van der Waals surface area contributed by atoms with Crippen LogP contribution in [0.3, 0.4) is 0 Å². The summed E-state index contributed by atoms with van der Waals surface area (Å²) in [5.41, 5.74) is -1.11. The molecular weight excluding hydrogens is 613 g/mol. The molecule has 2 aliphatic heterocycles. The SMILES string of the molecule is CNC(=O)c1ccc(N2C(=O)C3=C(CN(C(=O)c4ccc(Br)c(C(F)(F)F)c4)[C@H](C)C3)NC2[S+]=O)c(Cl)c1. The lowest BCUT2D eigenvalue weighted by Crippen LogP contribution is -2.58. The highest BCUT2D eigenvalue weighted by Gasteiger charge is 2.46. The number of alkyl halides is 3. The maximum atomic E-state index is 13.5. The van der Waals surface area contributed by atoms with Crippen LogP contribution in [-0.2, 0) is 26.8 Å². The summed E-state index contributed by atoms with van der Waals surface area (Å²) in [5.74, 6) is -1.51. The largest absolute Gasteiger partial charge is 0.511 e. The molecular formula is C24H20BrClF3N4O4S+. The molecule has 0 bridgehead atoms. The van der Waals surface area contributed by atoms with Gasteiger partial charge in [0.2, 0.25) is 0 Å². The van der Waals surface area contributed by atoms with Crippen LogP contribution in [0.25, 0.3) is 0 Å². The number of anilines is 1. The van der Waals surface area contributed by atoms with Crippen molar-refractivity contribution in [3.63, 3.8) is 0 Å². The van der Waals surface area contributed by atoms with Crippen molar-refractivity contribution in [3.05, 3.63) is 73.9 Å². The minimum Gasteiger partial charge on any atom is -0.355 e. The van der Waals surface area contributed by atoms with E-state index < -0.39 is 35.1 Å². The average molecular weight is 633 g/mol. The van der Waals surface area contributed by atoms with Gasteiger partial charge in [0.1, 0.15) is 0 Å². The smallest absolute Gasteiger partial charge is 0.355 e. The van der Waals surface area contributed by atoms with E-state index in [-0.39, 0.29) is 56.8 Å². The predicted octanol–water partition coefficient (Wildman–Crippen LogP) is 4.32. The third-order valence-corrected chi connectivity index (χ3v) is 7.81. The number of amides is 3. The van der Waals surface area contributed by atoms with Crippen LogP contribution in [0.4, 0.5) is 18.9 Å². The van der Waals surface area contributed by atoms with Gasteiger partial charge in [-0.3, -0.25) is 14.4 Å². The Hall–Kier alpha value is -3.03. The Kier molecular flexibility index (Phi) is 7.82. The fourth-order valence-electron chi connectivity index (χ4n) is 4.37. The summed E-state index contributed by atoms with van der Waals surface area (Å²) in [6.07, 6.45) is -4.56. The number of hydrogen-bond donors (Lipinski definition) is 2. The molecule has 0 spiro atoms. The van der Waals surface area contributed by atoms with Gasteiger partial charge in [-0.05, 0) is 49.7 Å². The Bertz CT molecular complexity index is 1390. The van der Waals surface area contributed by atoms with Gasteiger partial charge in [-0.2, -0.15) is 13.2 Å². The zero-order valence-electron chi connectivity index (χ0n) is 19.9. The van der Waals surface area contributed by atoms with Crippen molar-refractivity contribution >= 4 is 62.6 Å². The summed E-state index contributed by atoms with van der Waals surface area (Å²) in [7, 11) is 1.46. The van der Waals surface area contributed by atoms with E-state index in [1.54, 1.807) is 6.92 Å². The number of hydrogen-bond acceptors (Lipinski definition) is 5. The van der Waals surface area contributed by atoms with Crippen molar-refractivity contribution in [3.8, 4) is 0 Å². The summed E-state index contributed by atoms with van der Waals surface area (Å²) in [6, 6.07) is 7.03. The van der Waals surface area contributed by atoms with Gasteiger partial charge in [0, 0.05) is 44.2 Å². The highest BCUT2D eigenvalue weighted by Crippen LogP contribution is 2.37. The maximum absolute atomic E-state index is 13.5. The minimum absolute atomic E-state index is 0.0832. The number of halogens is 5. The fourth-order valence-corrected chi connectivity index (χ4v) is 5.60. The van der Waals surface area contributed by atoms with E-state index in [4.69, 9.17) is 11.6 Å². The standard InChI is InChI=1S/C24H19BrClF3N4O4S/c1-11-7-14-18(10-32(11)21(35)13-3-5-16(25)15(8-13)24(27,28)29)31-23(38-37)33(22(14)36)19-6-4-12(9-17(19)26)20(34)30-2/h3-6,8-9,11,23H,7,10H2,1-2H3,(H-,30,31,34,36)/p+1/t11-,23?/m1/s1. The fraction of sp³-hybridized carbons (Fsp3) is 0.292. The first-order valence-electron chi connectivity index (χ1n) is 11.2. The highest BCUT2D eigenvalue weighted by atomic mass is 79.9. The number of nitrogens with one attached hydrogen (secondary N) is 2. The van der Waals surface area contributed by atoms with Gasteiger partial charge < -0.3 is 15.5 Å². The molecule has 3 amide bonds. The van der Waals surface area contributed by atoms with Gasteiger partial charge in [0.15, 0.2) is 0 Å². The lowest BCUT2D eigenvalue weighted by atomic mass is 9.95. The Balaban J connectivity index is 1.65. The maximum Gasteiger partial charge on any atom is 0.511 e. The topological polar surface area (TPSA) is 98.8 Å². The molecule has 2 N–H and O–H groups in total. The van der Waals surface area contributed by atoms with Gasteiger partial charge in [0.05, 0.1) is 22.8 Å². The van der Waals surface area contributed by atoms with Crippen LogP contribution in [0, 0.1) is 0 Å². The van der Waals surface area contributed by atoms with E-state index in [1.165, 1.54) is 47.2 Å². The van der Waals surface area contributed by atoms with Crippen LogP contribution in [0.5, 0.6) is 0 Å². The molecule has 0 saturated carbocycles. The second-order valence-corrected chi connectivity index (χ2v) is 10.5. The second kappa shape index (κ2) is 10.6. The third-order valence-electron chi connectivity index (χ3n) is 6.30. The lowest BCUT2D eigenvalue weighted by molar-refractivity contribution is -0.138. The van der Waals surface area contributed by atoms with Gasteiger partial charge in [-0.15, -0.1) is 0 Å². The Morgan fingerprint density at radius 3 is 2.47 bits per heavy atom. The minimum atomic E-state index is -4.66. The quantitative estimate of drug-likeness (QED) is 0.490. The van der Waals surface area contributed by atoms with E-state index in [0.29, 0.717) is 11.3 Å². The van der Waals surface area contributed by atoms with Crippen molar-refractivity contribution in [2.75, 3.05) is 18.5 Å². The molecule has 1 unspecified atom stereocenters. The normalized spacial score (nSPS) is 19.6. The second-order valence-electron chi connectivity index (χ2n) is 8.65. The zero-order chi connectivity index (χ0) is 27.9. The highest BCUT2D eigenvalue weighted by molar-refractivity contribution is 9.10. The van der Waals surface area contributed by atoms with Crippen molar-refractivity contribution in [1.29, 1.82) is 0 Å². The van der Waals surface area contributed by atoms with Crippen molar-refractivity contribution in [2.24, 2.45) is 0 Å². The number of benzene rings is 2.